The van der Waals surface area contributed by atoms with Crippen LogP contribution in [0.25, 0.3) is 0 Å². The third-order valence-electron chi connectivity index (χ3n) is 2.54. The highest BCUT2D eigenvalue weighted by Gasteiger charge is 2.10. The zero-order chi connectivity index (χ0) is 15.4. The van der Waals surface area contributed by atoms with Gasteiger partial charge in [-0.1, -0.05) is 11.6 Å². The van der Waals surface area contributed by atoms with Gasteiger partial charge in [-0.3, -0.25) is 4.79 Å². The molecule has 0 bridgehead atoms. The number of nitrogens with one attached hydrogen (secondary N) is 1. The van der Waals surface area contributed by atoms with Crippen LogP contribution in [0.2, 0.25) is 5.02 Å². The van der Waals surface area contributed by atoms with Crippen molar-refractivity contribution in [2.24, 2.45) is 0 Å². The van der Waals surface area contributed by atoms with Crippen LogP contribution in [0.1, 0.15) is 24.3 Å². The molecule has 0 spiro atoms. The summed E-state index contributed by atoms with van der Waals surface area (Å²) < 4.78 is 7.93. The van der Waals surface area contributed by atoms with Gasteiger partial charge in [0.05, 0.1) is 4.47 Å². The zero-order valence-corrected chi connectivity index (χ0v) is 14.0. The number of hydrogen-bond donors (Lipinski definition) is 1. The van der Waals surface area contributed by atoms with Crippen LogP contribution in [-0.4, -0.2) is 21.7 Å². The van der Waals surface area contributed by atoms with Crippen LogP contribution >= 0.6 is 27.5 Å². The molecular weight excluding hydrogens is 358 g/mol. The largest absolute Gasteiger partial charge is 0.470 e. The van der Waals surface area contributed by atoms with Gasteiger partial charge in [-0.15, -0.1) is 0 Å². The molecule has 1 heterocycles. The standard InChI is InChI=1S/C14H15BrClN3O2/c1-9(2)17-14(20)12-5-6-19(18-12)8-21-13-4-3-10(16)7-11(13)15/h3-7,9H,8H2,1-2H3,(H,17,20). The van der Waals surface area contributed by atoms with Gasteiger partial charge < -0.3 is 10.1 Å². The molecule has 1 aromatic heterocycles. The Balaban J connectivity index is 1.98. The molecule has 1 N–H and O–H groups in total. The van der Waals surface area contributed by atoms with E-state index in [1.807, 2.05) is 13.8 Å². The molecular formula is C14H15BrClN3O2. The summed E-state index contributed by atoms with van der Waals surface area (Å²) in [5, 5.41) is 7.57. The normalized spacial score (nSPS) is 10.7. The van der Waals surface area contributed by atoms with Gasteiger partial charge in [0.25, 0.3) is 5.91 Å². The summed E-state index contributed by atoms with van der Waals surface area (Å²) in [7, 11) is 0. The van der Waals surface area contributed by atoms with Gasteiger partial charge in [0.15, 0.2) is 6.73 Å². The molecule has 0 saturated heterocycles. The summed E-state index contributed by atoms with van der Waals surface area (Å²) >= 11 is 9.24. The topological polar surface area (TPSA) is 56.2 Å². The lowest BCUT2D eigenvalue weighted by Crippen LogP contribution is -2.30. The second-order valence-electron chi connectivity index (χ2n) is 4.72. The molecule has 0 fully saturated rings. The van der Waals surface area contributed by atoms with Crippen LogP contribution in [0.3, 0.4) is 0 Å². The molecule has 0 aliphatic heterocycles. The maximum Gasteiger partial charge on any atom is 0.271 e. The second-order valence-corrected chi connectivity index (χ2v) is 6.01. The number of aromatic nitrogens is 2. The molecule has 0 saturated carbocycles. The predicted molar refractivity (Wildman–Crippen MR) is 84.6 cm³/mol. The van der Waals surface area contributed by atoms with E-state index in [1.54, 1.807) is 35.1 Å². The molecule has 0 aliphatic carbocycles. The van der Waals surface area contributed by atoms with Crippen molar-refractivity contribution in [2.45, 2.75) is 26.6 Å². The SMILES string of the molecule is CC(C)NC(=O)c1ccn(COc2ccc(Cl)cc2Br)n1. The van der Waals surface area contributed by atoms with Gasteiger partial charge in [-0.05, 0) is 54.0 Å². The Labute approximate surface area is 136 Å². The van der Waals surface area contributed by atoms with E-state index in [2.05, 4.69) is 26.3 Å². The van der Waals surface area contributed by atoms with Crippen LogP contribution in [0.5, 0.6) is 5.75 Å². The minimum absolute atomic E-state index is 0.0731. The first kappa shape index (κ1) is 15.9. The molecule has 7 heteroatoms. The van der Waals surface area contributed by atoms with E-state index in [1.165, 1.54) is 0 Å². The first-order valence-electron chi connectivity index (χ1n) is 6.38. The minimum atomic E-state index is -0.198. The van der Waals surface area contributed by atoms with Crippen LogP contribution < -0.4 is 10.1 Å². The number of halogens is 2. The summed E-state index contributed by atoms with van der Waals surface area (Å²) in [6, 6.07) is 6.98. The molecule has 2 rings (SSSR count). The molecule has 5 nitrogen and oxygen atoms in total. The summed E-state index contributed by atoms with van der Waals surface area (Å²) in [6.45, 7) is 4.00. The summed E-state index contributed by atoms with van der Waals surface area (Å²) in [4.78, 5) is 11.8. The summed E-state index contributed by atoms with van der Waals surface area (Å²) in [5.41, 5.74) is 0.363. The maximum absolute atomic E-state index is 11.8. The number of ether oxygens (including phenoxy) is 1. The average molecular weight is 373 g/mol. The van der Waals surface area contributed by atoms with Crippen molar-refractivity contribution in [1.82, 2.24) is 15.1 Å². The smallest absolute Gasteiger partial charge is 0.271 e. The van der Waals surface area contributed by atoms with E-state index in [0.717, 1.165) is 4.47 Å². The van der Waals surface area contributed by atoms with Crippen molar-refractivity contribution in [2.75, 3.05) is 0 Å². The van der Waals surface area contributed by atoms with Crippen LogP contribution in [0, 0.1) is 0 Å². The fourth-order valence-corrected chi connectivity index (χ4v) is 2.42. The fraction of sp³-hybridized carbons (Fsp3) is 0.286. The van der Waals surface area contributed by atoms with E-state index in [9.17, 15) is 4.79 Å². The molecule has 1 amide bonds. The predicted octanol–water partition coefficient (Wildman–Crippen LogP) is 3.47. The highest BCUT2D eigenvalue weighted by atomic mass is 79.9. The first-order chi connectivity index (χ1) is 9.95. The molecule has 0 aliphatic rings. The Morgan fingerprint density at radius 2 is 2.24 bits per heavy atom. The van der Waals surface area contributed by atoms with Gasteiger partial charge in [0, 0.05) is 17.3 Å². The van der Waals surface area contributed by atoms with Gasteiger partial charge in [0.1, 0.15) is 11.4 Å². The maximum atomic E-state index is 11.8. The van der Waals surface area contributed by atoms with Crippen LogP contribution in [0.4, 0.5) is 0 Å². The van der Waals surface area contributed by atoms with E-state index in [-0.39, 0.29) is 18.7 Å². The van der Waals surface area contributed by atoms with Crippen molar-refractivity contribution in [3.63, 3.8) is 0 Å². The molecule has 112 valence electrons. The lowest BCUT2D eigenvalue weighted by atomic mass is 10.3. The third-order valence-corrected chi connectivity index (χ3v) is 3.39. The highest BCUT2D eigenvalue weighted by Crippen LogP contribution is 2.28. The average Bonchev–Trinajstić information content (AvgIpc) is 2.86. The van der Waals surface area contributed by atoms with E-state index >= 15 is 0 Å². The number of amides is 1. The lowest BCUT2D eigenvalue weighted by molar-refractivity contribution is 0.0936. The van der Waals surface area contributed by atoms with E-state index in [4.69, 9.17) is 16.3 Å². The Bertz CT molecular complexity index is 643. The number of carbonyl (C=O) groups is 1. The monoisotopic (exact) mass is 371 g/mol. The Morgan fingerprint density at radius 3 is 2.90 bits per heavy atom. The quantitative estimate of drug-likeness (QED) is 0.874. The molecule has 0 radical (unpaired) electrons. The van der Waals surface area contributed by atoms with Crippen LogP contribution in [0.15, 0.2) is 34.9 Å². The van der Waals surface area contributed by atoms with Gasteiger partial charge in [0.2, 0.25) is 0 Å². The van der Waals surface area contributed by atoms with Gasteiger partial charge >= 0.3 is 0 Å². The second kappa shape index (κ2) is 6.95. The lowest BCUT2D eigenvalue weighted by Gasteiger charge is -2.08. The van der Waals surface area contributed by atoms with E-state index < -0.39 is 0 Å². The highest BCUT2D eigenvalue weighted by molar-refractivity contribution is 9.10. The molecule has 0 atom stereocenters. The van der Waals surface area contributed by atoms with Crippen molar-refractivity contribution in [3.05, 3.63) is 45.7 Å². The summed E-state index contributed by atoms with van der Waals surface area (Å²) in [6.07, 6.45) is 1.69. The van der Waals surface area contributed by atoms with Crippen molar-refractivity contribution in [1.29, 1.82) is 0 Å². The zero-order valence-electron chi connectivity index (χ0n) is 11.6. The number of benzene rings is 1. The number of nitrogens with zero attached hydrogens (tertiary/aromatic N) is 2. The molecule has 1 aromatic carbocycles. The molecule has 21 heavy (non-hydrogen) atoms. The first-order valence-corrected chi connectivity index (χ1v) is 7.55. The molecule has 0 unspecified atom stereocenters. The van der Waals surface area contributed by atoms with E-state index in [0.29, 0.717) is 16.5 Å². The van der Waals surface area contributed by atoms with Gasteiger partial charge in [-0.25, -0.2) is 4.68 Å². The number of carbonyl (C=O) groups excluding carboxylic acids is 1. The van der Waals surface area contributed by atoms with Crippen LogP contribution in [-0.2, 0) is 6.73 Å². The van der Waals surface area contributed by atoms with Crippen molar-refractivity contribution in [3.8, 4) is 5.75 Å². The third kappa shape index (κ3) is 4.47. The Kier molecular flexibility index (Phi) is 5.25. The van der Waals surface area contributed by atoms with Crippen molar-refractivity contribution >= 4 is 33.4 Å². The minimum Gasteiger partial charge on any atom is -0.470 e. The summed E-state index contributed by atoms with van der Waals surface area (Å²) in [5.74, 6) is 0.458. The fourth-order valence-electron chi connectivity index (χ4n) is 1.62. The van der Waals surface area contributed by atoms with Crippen molar-refractivity contribution < 1.29 is 9.53 Å². The Morgan fingerprint density at radius 1 is 1.48 bits per heavy atom. The van der Waals surface area contributed by atoms with Gasteiger partial charge in [-0.2, -0.15) is 5.10 Å². The molecule has 2 aromatic rings. The Hall–Kier alpha value is -1.53. The number of rotatable bonds is 5. The number of hydrogen-bond acceptors (Lipinski definition) is 3.